The first kappa shape index (κ1) is 23.6. The number of ether oxygens (including phenoxy) is 3. The average molecular weight is 523 g/mol. The number of aromatic nitrogens is 4. The van der Waals surface area contributed by atoms with E-state index in [0.717, 1.165) is 25.0 Å². The van der Waals surface area contributed by atoms with Gasteiger partial charge >= 0.3 is 11.9 Å². The van der Waals surface area contributed by atoms with Crippen LogP contribution in [0, 0.1) is 11.6 Å². The second-order valence-corrected chi connectivity index (χ2v) is 9.12. The van der Waals surface area contributed by atoms with Crippen molar-refractivity contribution in [3.8, 4) is 17.2 Å². The molecule has 3 aliphatic heterocycles. The predicted molar refractivity (Wildman–Crippen MR) is 115 cm³/mol. The van der Waals surface area contributed by atoms with Crippen LogP contribution in [0.1, 0.15) is 24.2 Å². The van der Waals surface area contributed by atoms with Crippen molar-refractivity contribution in [3.05, 3.63) is 64.2 Å². The van der Waals surface area contributed by atoms with Gasteiger partial charge in [-0.2, -0.15) is 18.2 Å². The maximum absolute atomic E-state index is 14.7. The van der Waals surface area contributed by atoms with Gasteiger partial charge in [0.1, 0.15) is 6.61 Å². The second kappa shape index (κ2) is 8.36. The van der Waals surface area contributed by atoms with E-state index in [1.54, 1.807) is 0 Å². The van der Waals surface area contributed by atoms with E-state index >= 15 is 0 Å². The zero-order valence-electron chi connectivity index (χ0n) is 19.0. The Labute approximate surface area is 205 Å². The number of halogens is 5. The van der Waals surface area contributed by atoms with Crippen molar-refractivity contribution in [2.24, 2.45) is 0 Å². The summed E-state index contributed by atoms with van der Waals surface area (Å²) in [5.74, 6) is -3.94. The van der Waals surface area contributed by atoms with Crippen molar-refractivity contribution in [1.82, 2.24) is 19.5 Å². The summed E-state index contributed by atoms with van der Waals surface area (Å²) >= 11 is 0. The van der Waals surface area contributed by atoms with Gasteiger partial charge in [0.2, 0.25) is 5.82 Å². The van der Waals surface area contributed by atoms with Crippen LogP contribution in [-0.4, -0.2) is 44.3 Å². The maximum atomic E-state index is 14.7. The predicted octanol–water partition coefficient (Wildman–Crippen LogP) is 3.45. The lowest BCUT2D eigenvalue weighted by atomic mass is 9.92. The minimum atomic E-state index is -4.76. The summed E-state index contributed by atoms with van der Waals surface area (Å²) in [5, 5.41) is 0. The number of morpholine rings is 1. The topological polar surface area (TPSA) is 91.6 Å². The normalized spacial score (nSPS) is 22.1. The summed E-state index contributed by atoms with van der Waals surface area (Å²) in [7, 11) is 0. The van der Waals surface area contributed by atoms with Gasteiger partial charge in [-0.1, -0.05) is 0 Å². The minimum Gasteiger partial charge on any atom is -0.483 e. The number of alkyl halides is 3. The van der Waals surface area contributed by atoms with E-state index in [9.17, 15) is 26.7 Å². The lowest BCUT2D eigenvalue weighted by Crippen LogP contribution is -2.54. The van der Waals surface area contributed by atoms with Gasteiger partial charge in [-0.3, -0.25) is 4.57 Å². The largest absolute Gasteiger partial charge is 0.483 e. The molecule has 0 amide bonds. The van der Waals surface area contributed by atoms with E-state index < -0.39 is 35.1 Å². The molecule has 5 heterocycles. The van der Waals surface area contributed by atoms with Crippen molar-refractivity contribution in [3.63, 3.8) is 0 Å². The van der Waals surface area contributed by atoms with E-state index in [2.05, 4.69) is 19.9 Å². The van der Waals surface area contributed by atoms with Gasteiger partial charge in [-0.15, -0.1) is 0 Å². The molecule has 0 N–H and O–H groups in total. The van der Waals surface area contributed by atoms with Crippen molar-refractivity contribution >= 4 is 5.82 Å². The molecule has 2 atom stereocenters. The number of anilines is 1. The Morgan fingerprint density at radius 1 is 1.11 bits per heavy atom. The molecule has 2 aromatic heterocycles. The van der Waals surface area contributed by atoms with E-state index in [4.69, 9.17) is 14.2 Å². The molecule has 1 spiro atoms. The van der Waals surface area contributed by atoms with E-state index in [0.29, 0.717) is 43.7 Å². The summed E-state index contributed by atoms with van der Waals surface area (Å²) in [6, 6.07) is 1.96. The van der Waals surface area contributed by atoms with Crippen LogP contribution in [-0.2, 0) is 24.1 Å². The fourth-order valence-electron chi connectivity index (χ4n) is 5.09. The van der Waals surface area contributed by atoms with E-state index in [1.807, 2.05) is 0 Å². The highest BCUT2D eigenvalue weighted by atomic mass is 19.4. The monoisotopic (exact) mass is 523 g/mol. The van der Waals surface area contributed by atoms with Gasteiger partial charge in [-0.25, -0.2) is 23.5 Å². The van der Waals surface area contributed by atoms with Crippen LogP contribution in [0.15, 0.2) is 35.5 Å². The van der Waals surface area contributed by atoms with E-state index in [1.165, 1.54) is 10.8 Å². The third-order valence-electron chi connectivity index (χ3n) is 6.76. The summed E-state index contributed by atoms with van der Waals surface area (Å²) in [5.41, 5.74) is -0.505. The molecule has 1 aromatic carbocycles. The zero-order chi connectivity index (χ0) is 25.9. The van der Waals surface area contributed by atoms with Gasteiger partial charge in [0.05, 0.1) is 36.8 Å². The number of nitrogens with zero attached hydrogens (tertiary/aromatic N) is 5. The van der Waals surface area contributed by atoms with Crippen LogP contribution in [0.2, 0.25) is 0 Å². The quantitative estimate of drug-likeness (QED) is 0.470. The first-order valence-corrected chi connectivity index (χ1v) is 11.3. The smallest absolute Gasteiger partial charge is 0.451 e. The number of hydrogen-bond donors (Lipinski definition) is 0. The molecule has 0 radical (unpaired) electrons. The third-order valence-corrected chi connectivity index (χ3v) is 6.76. The molecule has 0 saturated carbocycles. The Morgan fingerprint density at radius 2 is 1.84 bits per heavy atom. The van der Waals surface area contributed by atoms with Crippen LogP contribution in [0.5, 0.6) is 17.2 Å². The fraction of sp³-hybridized carbons (Fsp3) is 0.391. The number of rotatable bonds is 5. The molecule has 194 valence electrons. The first-order chi connectivity index (χ1) is 17.6. The summed E-state index contributed by atoms with van der Waals surface area (Å²) in [6.07, 6.45) is -0.471. The summed E-state index contributed by atoms with van der Waals surface area (Å²) in [4.78, 5) is 24.6. The Kier molecular flexibility index (Phi) is 5.33. The molecule has 6 rings (SSSR count). The van der Waals surface area contributed by atoms with Crippen molar-refractivity contribution in [2.75, 3.05) is 18.1 Å². The number of fused-ring (bicyclic) bond motifs is 3. The molecule has 9 nitrogen and oxygen atoms in total. The van der Waals surface area contributed by atoms with Crippen LogP contribution in [0.25, 0.3) is 0 Å². The molecular weight excluding hydrogens is 505 g/mol. The Morgan fingerprint density at radius 3 is 2.51 bits per heavy atom. The van der Waals surface area contributed by atoms with Crippen molar-refractivity contribution in [2.45, 2.75) is 43.8 Å². The molecule has 37 heavy (non-hydrogen) atoms. The summed E-state index contributed by atoms with van der Waals surface area (Å²) < 4.78 is 85.4. The van der Waals surface area contributed by atoms with Gasteiger partial charge < -0.3 is 19.1 Å². The molecule has 3 aromatic rings. The Hall–Kier alpha value is -3.81. The Balaban J connectivity index is 1.21. The standard InChI is InChI=1S/C23H18F5N5O4/c24-15-3-12(4-16(25)18(15)37-14-6-29-20(30-7-14)23(26,27)28)10-35-17-8-31-21(34)32-2-1-22-5-13(36-11-22)9-33(22)19(17)32/h3-4,6-8,13H,1-2,5,9-11H2. The molecule has 2 fully saturated rings. The molecule has 2 bridgehead atoms. The Bertz CT molecular complexity index is 1410. The van der Waals surface area contributed by atoms with Crippen molar-refractivity contribution in [1.29, 1.82) is 0 Å². The molecule has 0 aliphatic carbocycles. The zero-order valence-corrected chi connectivity index (χ0v) is 19.0. The highest BCUT2D eigenvalue weighted by molar-refractivity contribution is 5.58. The van der Waals surface area contributed by atoms with Crippen LogP contribution in [0.4, 0.5) is 27.8 Å². The summed E-state index contributed by atoms with van der Waals surface area (Å²) in [6.45, 7) is 1.36. The van der Waals surface area contributed by atoms with Crippen molar-refractivity contribution < 1.29 is 36.2 Å². The molecular formula is C23H18F5N5O4. The lowest BCUT2D eigenvalue weighted by molar-refractivity contribution is -0.145. The maximum Gasteiger partial charge on any atom is 0.451 e. The lowest BCUT2D eigenvalue weighted by Gasteiger charge is -2.44. The van der Waals surface area contributed by atoms with Gasteiger partial charge in [0.15, 0.2) is 34.7 Å². The average Bonchev–Trinajstić information content (AvgIpc) is 3.44. The highest BCUT2D eigenvalue weighted by Crippen LogP contribution is 2.48. The van der Waals surface area contributed by atoms with Gasteiger partial charge in [0, 0.05) is 19.5 Å². The fourth-order valence-corrected chi connectivity index (χ4v) is 5.09. The molecule has 2 saturated heterocycles. The van der Waals surface area contributed by atoms with Crippen LogP contribution < -0.4 is 20.1 Å². The first-order valence-electron chi connectivity index (χ1n) is 11.3. The molecule has 3 aliphatic rings. The third kappa shape index (κ3) is 4.04. The minimum absolute atomic E-state index is 0.0634. The second-order valence-electron chi connectivity index (χ2n) is 9.12. The van der Waals surface area contributed by atoms with Crippen LogP contribution >= 0.6 is 0 Å². The number of benzene rings is 1. The number of hydrogen-bond acceptors (Lipinski definition) is 8. The highest BCUT2D eigenvalue weighted by Gasteiger charge is 2.55. The SMILES string of the molecule is O=c1ncc(OCc2cc(F)c(Oc3cnc(C(F)(F)F)nc3)c(F)c2)c2n1CCC13COC(CN21)C3. The molecule has 14 heteroatoms. The van der Waals surface area contributed by atoms with E-state index in [-0.39, 0.29) is 29.6 Å². The molecule has 2 unspecified atom stereocenters. The van der Waals surface area contributed by atoms with Crippen LogP contribution in [0.3, 0.4) is 0 Å². The van der Waals surface area contributed by atoms with Gasteiger partial charge in [-0.05, 0) is 24.1 Å². The van der Waals surface area contributed by atoms with Gasteiger partial charge in [0.25, 0.3) is 0 Å².